The van der Waals surface area contributed by atoms with Gasteiger partial charge in [-0.05, 0) is 31.4 Å². The maximum Gasteiger partial charge on any atom is 0.225 e. The van der Waals surface area contributed by atoms with E-state index in [1.807, 2.05) is 18.3 Å². The first-order chi connectivity index (χ1) is 7.93. The smallest absolute Gasteiger partial charge is 0.225 e. The number of aromatic nitrogens is 3. The Balaban J connectivity index is 1.97. The molecule has 16 heavy (non-hydrogen) atoms. The minimum absolute atomic E-state index is 0.847. The Morgan fingerprint density at radius 1 is 1.00 bits per heavy atom. The van der Waals surface area contributed by atoms with Crippen LogP contribution in [0.4, 0.5) is 5.95 Å². The van der Waals surface area contributed by atoms with Crippen molar-refractivity contribution < 1.29 is 0 Å². The minimum Gasteiger partial charge on any atom is -0.341 e. The summed E-state index contributed by atoms with van der Waals surface area (Å²) in [5.41, 5.74) is 1.79. The van der Waals surface area contributed by atoms with Gasteiger partial charge in [-0.1, -0.05) is 0 Å². The highest BCUT2D eigenvalue weighted by Gasteiger charge is 2.13. The predicted octanol–water partition coefficient (Wildman–Crippen LogP) is 2.02. The Morgan fingerprint density at radius 3 is 2.75 bits per heavy atom. The fourth-order valence-electron chi connectivity index (χ4n) is 2.10. The molecule has 0 radical (unpaired) electrons. The van der Waals surface area contributed by atoms with Gasteiger partial charge in [0.25, 0.3) is 0 Å². The highest BCUT2D eigenvalue weighted by molar-refractivity contribution is 5.73. The number of fused-ring (bicyclic) bond motifs is 1. The number of piperidine rings is 1. The lowest BCUT2D eigenvalue weighted by Gasteiger charge is -2.26. The van der Waals surface area contributed by atoms with Crippen molar-refractivity contribution >= 4 is 17.0 Å². The van der Waals surface area contributed by atoms with E-state index >= 15 is 0 Å². The highest BCUT2D eigenvalue weighted by Crippen LogP contribution is 2.17. The maximum absolute atomic E-state index is 4.55. The van der Waals surface area contributed by atoms with Gasteiger partial charge in [0.05, 0.1) is 11.7 Å². The number of anilines is 1. The lowest BCUT2D eigenvalue weighted by atomic mass is 10.1. The van der Waals surface area contributed by atoms with E-state index in [4.69, 9.17) is 0 Å². The molecule has 0 bridgehead atoms. The van der Waals surface area contributed by atoms with E-state index in [-0.39, 0.29) is 0 Å². The second kappa shape index (κ2) is 4.04. The molecule has 1 aliphatic rings. The Morgan fingerprint density at radius 2 is 1.88 bits per heavy atom. The molecular weight excluding hydrogens is 200 g/mol. The predicted molar refractivity (Wildman–Crippen MR) is 63.4 cm³/mol. The summed E-state index contributed by atoms with van der Waals surface area (Å²) in [6, 6.07) is 3.90. The molecule has 4 heteroatoms. The van der Waals surface area contributed by atoms with Gasteiger partial charge in [0.2, 0.25) is 5.95 Å². The zero-order chi connectivity index (χ0) is 10.8. The van der Waals surface area contributed by atoms with Crippen molar-refractivity contribution in [3.05, 3.63) is 24.5 Å². The molecule has 0 spiro atoms. The molecule has 4 nitrogen and oxygen atoms in total. The van der Waals surface area contributed by atoms with Crippen molar-refractivity contribution in [2.24, 2.45) is 0 Å². The van der Waals surface area contributed by atoms with Crippen LogP contribution in [0.25, 0.3) is 11.0 Å². The quantitative estimate of drug-likeness (QED) is 0.728. The van der Waals surface area contributed by atoms with E-state index in [9.17, 15) is 0 Å². The zero-order valence-electron chi connectivity index (χ0n) is 9.13. The molecule has 0 aromatic carbocycles. The summed E-state index contributed by atoms with van der Waals surface area (Å²) in [5, 5.41) is 0. The van der Waals surface area contributed by atoms with Crippen LogP contribution in [0, 0.1) is 0 Å². The lowest BCUT2D eigenvalue weighted by Crippen LogP contribution is -2.30. The van der Waals surface area contributed by atoms with E-state index in [1.165, 1.54) is 19.3 Å². The Hall–Kier alpha value is -1.71. The van der Waals surface area contributed by atoms with Crippen molar-refractivity contribution in [1.82, 2.24) is 15.0 Å². The van der Waals surface area contributed by atoms with Gasteiger partial charge in [-0.3, -0.25) is 4.98 Å². The van der Waals surface area contributed by atoms with Gasteiger partial charge < -0.3 is 4.90 Å². The molecule has 0 amide bonds. The number of rotatable bonds is 1. The minimum atomic E-state index is 0.847. The largest absolute Gasteiger partial charge is 0.341 e. The molecule has 1 aliphatic heterocycles. The van der Waals surface area contributed by atoms with Crippen LogP contribution in [0.2, 0.25) is 0 Å². The summed E-state index contributed by atoms with van der Waals surface area (Å²) in [7, 11) is 0. The summed E-state index contributed by atoms with van der Waals surface area (Å²) in [6.07, 6.45) is 7.40. The van der Waals surface area contributed by atoms with E-state index < -0.39 is 0 Å². The van der Waals surface area contributed by atoms with E-state index in [0.29, 0.717) is 0 Å². The molecule has 3 rings (SSSR count). The first-order valence-corrected chi connectivity index (χ1v) is 5.76. The third-order valence-electron chi connectivity index (χ3n) is 2.98. The van der Waals surface area contributed by atoms with Gasteiger partial charge in [-0.15, -0.1) is 0 Å². The van der Waals surface area contributed by atoms with Gasteiger partial charge in [-0.25, -0.2) is 9.97 Å². The topological polar surface area (TPSA) is 41.9 Å². The van der Waals surface area contributed by atoms with Crippen LogP contribution < -0.4 is 4.90 Å². The van der Waals surface area contributed by atoms with Gasteiger partial charge in [0.1, 0.15) is 5.52 Å². The number of nitrogens with zero attached hydrogens (tertiary/aromatic N) is 4. The van der Waals surface area contributed by atoms with Crippen LogP contribution in [-0.4, -0.2) is 28.0 Å². The van der Waals surface area contributed by atoms with Crippen LogP contribution in [-0.2, 0) is 0 Å². The Bertz CT molecular complexity index is 491. The summed E-state index contributed by atoms with van der Waals surface area (Å²) < 4.78 is 0. The summed E-state index contributed by atoms with van der Waals surface area (Å²) in [4.78, 5) is 15.4. The average molecular weight is 214 g/mol. The van der Waals surface area contributed by atoms with E-state index in [1.54, 1.807) is 6.20 Å². The zero-order valence-corrected chi connectivity index (χ0v) is 9.13. The lowest BCUT2D eigenvalue weighted by molar-refractivity contribution is 0.569. The second-order valence-corrected chi connectivity index (χ2v) is 4.13. The summed E-state index contributed by atoms with van der Waals surface area (Å²) >= 11 is 0. The molecule has 1 saturated heterocycles. The second-order valence-electron chi connectivity index (χ2n) is 4.13. The molecule has 0 saturated carbocycles. The van der Waals surface area contributed by atoms with Gasteiger partial charge in [0.15, 0.2) is 0 Å². The normalized spacial score (nSPS) is 16.6. The van der Waals surface area contributed by atoms with Crippen molar-refractivity contribution in [2.75, 3.05) is 18.0 Å². The highest BCUT2D eigenvalue weighted by atomic mass is 15.2. The van der Waals surface area contributed by atoms with Crippen molar-refractivity contribution in [3.8, 4) is 0 Å². The van der Waals surface area contributed by atoms with Gasteiger partial charge >= 0.3 is 0 Å². The Kier molecular flexibility index (Phi) is 2.40. The molecule has 2 aromatic heterocycles. The maximum atomic E-state index is 4.55. The van der Waals surface area contributed by atoms with Gasteiger partial charge in [-0.2, -0.15) is 0 Å². The third-order valence-corrected chi connectivity index (χ3v) is 2.98. The van der Waals surface area contributed by atoms with Crippen molar-refractivity contribution in [2.45, 2.75) is 19.3 Å². The molecule has 0 aliphatic carbocycles. The van der Waals surface area contributed by atoms with Crippen molar-refractivity contribution in [1.29, 1.82) is 0 Å². The van der Waals surface area contributed by atoms with Crippen LogP contribution in [0.3, 0.4) is 0 Å². The monoisotopic (exact) mass is 214 g/mol. The van der Waals surface area contributed by atoms with E-state index in [0.717, 1.165) is 30.1 Å². The fourth-order valence-corrected chi connectivity index (χ4v) is 2.10. The molecule has 2 aromatic rings. The fraction of sp³-hybridized carbons (Fsp3) is 0.417. The first kappa shape index (κ1) is 9.51. The molecule has 0 unspecified atom stereocenters. The van der Waals surface area contributed by atoms with E-state index in [2.05, 4.69) is 19.9 Å². The average Bonchev–Trinajstić information content (AvgIpc) is 2.39. The standard InChI is InChI=1S/C12H14N4/c1-2-7-16(8-3-1)12-14-9-11-10(15-12)5-4-6-13-11/h4-6,9H,1-3,7-8H2. The summed E-state index contributed by atoms with van der Waals surface area (Å²) in [6.45, 7) is 2.15. The molecule has 0 N–H and O–H groups in total. The molecule has 3 heterocycles. The van der Waals surface area contributed by atoms with Crippen LogP contribution in [0.1, 0.15) is 19.3 Å². The van der Waals surface area contributed by atoms with Crippen LogP contribution in [0.15, 0.2) is 24.5 Å². The summed E-state index contributed by atoms with van der Waals surface area (Å²) in [5.74, 6) is 0.847. The molecule has 0 atom stereocenters. The SMILES string of the molecule is c1cnc2cnc(N3CCCCC3)nc2c1. The molecule has 1 fully saturated rings. The third kappa shape index (κ3) is 1.71. The van der Waals surface area contributed by atoms with Crippen LogP contribution >= 0.6 is 0 Å². The first-order valence-electron chi connectivity index (χ1n) is 5.76. The molecule has 82 valence electrons. The number of hydrogen-bond acceptors (Lipinski definition) is 4. The number of pyridine rings is 1. The molecular formula is C12H14N4. The van der Waals surface area contributed by atoms with Crippen molar-refractivity contribution in [3.63, 3.8) is 0 Å². The Labute approximate surface area is 94.4 Å². The van der Waals surface area contributed by atoms with Gasteiger partial charge in [0, 0.05) is 19.3 Å². The number of hydrogen-bond donors (Lipinski definition) is 0. The van der Waals surface area contributed by atoms with Crippen LogP contribution in [0.5, 0.6) is 0 Å².